The number of nitrogens with zero attached hydrogens (tertiary/aromatic N) is 3. The second-order valence-electron chi connectivity index (χ2n) is 4.79. The van der Waals surface area contributed by atoms with Crippen molar-refractivity contribution < 1.29 is 9.47 Å². The van der Waals surface area contributed by atoms with Crippen LogP contribution in [-0.2, 0) is 9.47 Å². The first-order valence-corrected chi connectivity index (χ1v) is 7.09. The molecule has 3 rings (SSSR count). The number of nitrogen functional groups attached to an aromatic ring is 2. The lowest BCUT2D eigenvalue weighted by Gasteiger charge is -2.33. The normalized spacial score (nSPS) is 24.8. The number of nitrogens with two attached hydrogens (primary N) is 2. The Morgan fingerprint density at radius 2 is 2.14 bits per heavy atom. The van der Waals surface area contributed by atoms with Crippen molar-refractivity contribution >= 4 is 34.6 Å². The maximum atomic E-state index is 6.16. The van der Waals surface area contributed by atoms with Crippen LogP contribution in [0.15, 0.2) is 17.0 Å². The van der Waals surface area contributed by atoms with E-state index in [4.69, 9.17) is 32.5 Å². The van der Waals surface area contributed by atoms with Crippen molar-refractivity contribution in [2.45, 2.75) is 12.0 Å². The van der Waals surface area contributed by atoms with Crippen molar-refractivity contribution in [2.75, 3.05) is 37.8 Å². The summed E-state index contributed by atoms with van der Waals surface area (Å²) in [6, 6.07) is 0. The van der Waals surface area contributed by atoms with E-state index < -0.39 is 5.56 Å². The molecule has 0 amide bonds. The molecule has 1 aromatic rings. The Hall–Kier alpha value is -1.93. The predicted octanol–water partition coefficient (Wildman–Crippen LogP) is 0.805. The van der Waals surface area contributed by atoms with Crippen LogP contribution < -0.4 is 11.5 Å². The smallest absolute Gasteiger partial charge is 0.193 e. The first kappa shape index (κ1) is 14.0. The topological polar surface area (TPSA) is 115 Å². The number of hydrogen-bond acceptors (Lipinski definition) is 7. The summed E-state index contributed by atoms with van der Waals surface area (Å²) in [6.07, 6.45) is 2.33. The number of halogens is 1. The third-order valence-electron chi connectivity index (χ3n) is 3.28. The fraction of sp³-hybridized carbons (Fsp3) is 0.500. The van der Waals surface area contributed by atoms with E-state index in [0.717, 1.165) is 18.8 Å². The van der Waals surface area contributed by atoms with Gasteiger partial charge in [-0.15, -0.1) is 0 Å². The van der Waals surface area contributed by atoms with Crippen LogP contribution in [0.2, 0.25) is 0 Å². The number of aromatic nitrogens is 2. The molecule has 0 spiro atoms. The number of rotatable bonds is 2. The Kier molecular flexibility index (Phi) is 3.89. The van der Waals surface area contributed by atoms with Gasteiger partial charge in [-0.3, -0.25) is 5.10 Å². The van der Waals surface area contributed by atoms with Crippen molar-refractivity contribution in [1.29, 1.82) is 0 Å². The number of aliphatic imine (C=N–C) groups is 1. The van der Waals surface area contributed by atoms with Crippen molar-refractivity contribution in [3.63, 3.8) is 0 Å². The first-order chi connectivity index (χ1) is 10.1. The molecule has 1 aromatic heterocycles. The van der Waals surface area contributed by atoms with Crippen molar-refractivity contribution in [1.82, 2.24) is 15.1 Å². The second kappa shape index (κ2) is 5.82. The Balaban J connectivity index is 1.87. The average molecular weight is 313 g/mol. The van der Waals surface area contributed by atoms with Crippen LogP contribution in [0.1, 0.15) is 6.42 Å². The molecular formula is C12H17ClN6O2. The highest BCUT2D eigenvalue weighted by atomic mass is 35.5. The minimum atomic E-state index is -0.471. The fourth-order valence-corrected chi connectivity index (χ4v) is 2.47. The summed E-state index contributed by atoms with van der Waals surface area (Å²) in [7, 11) is 0. The van der Waals surface area contributed by atoms with Gasteiger partial charge in [0.05, 0.1) is 18.9 Å². The molecule has 1 fully saturated rings. The van der Waals surface area contributed by atoms with Crippen LogP contribution >= 0.6 is 11.6 Å². The predicted molar refractivity (Wildman–Crippen MR) is 80.3 cm³/mol. The summed E-state index contributed by atoms with van der Waals surface area (Å²) in [5.74, 6) is 1.29. The van der Waals surface area contributed by atoms with Gasteiger partial charge < -0.3 is 25.8 Å². The molecule has 0 aromatic carbocycles. The number of hydrogen-bond donors (Lipinski definition) is 3. The highest BCUT2D eigenvalue weighted by Gasteiger charge is 2.24. The van der Waals surface area contributed by atoms with E-state index in [-0.39, 0.29) is 5.82 Å². The van der Waals surface area contributed by atoms with Gasteiger partial charge in [-0.25, -0.2) is 4.99 Å². The zero-order chi connectivity index (χ0) is 14.8. The number of nitrogens with one attached hydrogen (secondary N) is 1. The molecule has 1 atom stereocenters. The average Bonchev–Trinajstić information content (AvgIpc) is 2.79. The number of ether oxygens (including phenoxy) is 2. The van der Waals surface area contributed by atoms with Gasteiger partial charge in [-0.1, -0.05) is 11.6 Å². The summed E-state index contributed by atoms with van der Waals surface area (Å²) < 4.78 is 11.0. The summed E-state index contributed by atoms with van der Waals surface area (Å²) in [5.41, 5.74) is 12.2. The van der Waals surface area contributed by atoms with E-state index in [1.165, 1.54) is 0 Å². The quantitative estimate of drug-likeness (QED) is 0.696. The second-order valence-corrected chi connectivity index (χ2v) is 5.28. The Morgan fingerprint density at radius 1 is 1.38 bits per heavy atom. The van der Waals surface area contributed by atoms with Gasteiger partial charge in [-0.2, -0.15) is 5.10 Å². The van der Waals surface area contributed by atoms with Gasteiger partial charge in [0, 0.05) is 25.6 Å². The zero-order valence-corrected chi connectivity index (χ0v) is 12.1. The van der Waals surface area contributed by atoms with Crippen molar-refractivity contribution in [3.8, 4) is 0 Å². The standard InChI is InChI=1S/C12H17ClN6O2/c13-8-5-7(16-10-11(14)17-18-12(10)15)6-9(21-8)19-1-3-20-4-2-19/h6,8H,1-5H2,(H5,14,15,17,18). The molecule has 1 saturated heterocycles. The number of anilines is 2. The monoisotopic (exact) mass is 312 g/mol. The van der Waals surface area contributed by atoms with E-state index in [1.807, 2.05) is 6.08 Å². The summed E-state index contributed by atoms with van der Waals surface area (Å²) in [5, 5.41) is 6.41. The zero-order valence-electron chi connectivity index (χ0n) is 11.4. The maximum absolute atomic E-state index is 6.16. The number of morpholine rings is 1. The molecule has 1 unspecified atom stereocenters. The van der Waals surface area contributed by atoms with Gasteiger partial charge >= 0.3 is 0 Å². The highest BCUT2D eigenvalue weighted by molar-refractivity contribution is 6.22. The van der Waals surface area contributed by atoms with Gasteiger partial charge in [0.1, 0.15) is 11.5 Å². The minimum Gasteiger partial charge on any atom is -0.459 e. The molecule has 3 heterocycles. The van der Waals surface area contributed by atoms with Crippen LogP contribution in [-0.4, -0.2) is 52.7 Å². The molecule has 5 N–H and O–H groups in total. The minimum absolute atomic E-state index is 0.263. The Morgan fingerprint density at radius 3 is 2.81 bits per heavy atom. The van der Waals surface area contributed by atoms with Gasteiger partial charge in [0.15, 0.2) is 17.3 Å². The SMILES string of the molecule is Nc1n[nH]c(N)c1N=C1C=C(N2CCOCC2)OC(Cl)C1. The lowest BCUT2D eigenvalue weighted by molar-refractivity contribution is 0.00803. The highest BCUT2D eigenvalue weighted by Crippen LogP contribution is 2.29. The third-order valence-corrected chi connectivity index (χ3v) is 3.52. The van der Waals surface area contributed by atoms with E-state index in [1.54, 1.807) is 0 Å². The third kappa shape index (κ3) is 3.06. The summed E-state index contributed by atoms with van der Waals surface area (Å²) in [4.78, 5) is 6.53. The van der Waals surface area contributed by atoms with Crippen LogP contribution in [0.5, 0.6) is 0 Å². The number of allylic oxidation sites excluding steroid dienone is 1. The van der Waals surface area contributed by atoms with E-state index >= 15 is 0 Å². The fourth-order valence-electron chi connectivity index (χ4n) is 2.23. The van der Waals surface area contributed by atoms with Crippen LogP contribution in [0.25, 0.3) is 0 Å². The molecule has 2 aliphatic rings. The maximum Gasteiger partial charge on any atom is 0.193 e. The molecule has 2 aliphatic heterocycles. The number of H-pyrrole nitrogens is 1. The first-order valence-electron chi connectivity index (χ1n) is 6.65. The van der Waals surface area contributed by atoms with Gasteiger partial charge in [0.25, 0.3) is 0 Å². The van der Waals surface area contributed by atoms with E-state index in [0.29, 0.717) is 37.0 Å². The molecule has 21 heavy (non-hydrogen) atoms. The molecule has 0 aliphatic carbocycles. The Labute approximate surface area is 126 Å². The summed E-state index contributed by atoms with van der Waals surface area (Å²) in [6.45, 7) is 2.86. The van der Waals surface area contributed by atoms with Gasteiger partial charge in [-0.05, 0) is 0 Å². The molecule has 8 nitrogen and oxygen atoms in total. The Bertz CT molecular complexity index is 559. The molecular weight excluding hydrogens is 296 g/mol. The van der Waals surface area contributed by atoms with Gasteiger partial charge in [0.2, 0.25) is 0 Å². The molecule has 0 radical (unpaired) electrons. The number of alkyl halides is 1. The molecule has 9 heteroatoms. The van der Waals surface area contributed by atoms with Crippen LogP contribution in [0, 0.1) is 0 Å². The molecule has 0 bridgehead atoms. The largest absolute Gasteiger partial charge is 0.459 e. The van der Waals surface area contributed by atoms with Crippen LogP contribution in [0.3, 0.4) is 0 Å². The molecule has 114 valence electrons. The lowest BCUT2D eigenvalue weighted by Crippen LogP contribution is -2.38. The van der Waals surface area contributed by atoms with Crippen LogP contribution in [0.4, 0.5) is 17.3 Å². The number of aromatic amines is 1. The lowest BCUT2D eigenvalue weighted by atomic mass is 10.2. The summed E-state index contributed by atoms with van der Waals surface area (Å²) >= 11 is 6.16. The molecule has 0 saturated carbocycles. The van der Waals surface area contributed by atoms with Crippen molar-refractivity contribution in [3.05, 3.63) is 12.0 Å². The van der Waals surface area contributed by atoms with E-state index in [2.05, 4.69) is 20.1 Å². The van der Waals surface area contributed by atoms with Crippen molar-refractivity contribution in [2.24, 2.45) is 4.99 Å². The van der Waals surface area contributed by atoms with E-state index in [9.17, 15) is 0 Å².